The molecule has 84 valence electrons. The molecule has 1 rings (SSSR count). The largest absolute Gasteiger partial charge is 0.508 e. The molecule has 0 heterocycles. The summed E-state index contributed by atoms with van der Waals surface area (Å²) in [5.41, 5.74) is 0.745. The van der Waals surface area contributed by atoms with E-state index in [1.165, 1.54) is 0 Å². The molecule has 1 unspecified atom stereocenters. The summed E-state index contributed by atoms with van der Waals surface area (Å²) in [7, 11) is 0. The first kappa shape index (κ1) is 12.3. The first-order valence-electron chi connectivity index (χ1n) is 4.99. The normalized spacial score (nSPS) is 12.7. The van der Waals surface area contributed by atoms with Crippen molar-refractivity contribution in [2.24, 2.45) is 0 Å². The Morgan fingerprint density at radius 3 is 2.80 bits per heavy atom. The number of hydrogen-bond donors (Lipinski definition) is 3. The van der Waals surface area contributed by atoms with Crippen molar-refractivity contribution in [2.45, 2.75) is 25.9 Å². The zero-order valence-corrected chi connectivity index (χ0v) is 9.46. The molecular formula is C11H16ClNO2. The molecule has 0 aromatic heterocycles. The maximum Gasteiger partial charge on any atom is 0.120 e. The van der Waals surface area contributed by atoms with E-state index in [0.717, 1.165) is 12.0 Å². The lowest BCUT2D eigenvalue weighted by molar-refractivity contribution is 0.238. The van der Waals surface area contributed by atoms with Gasteiger partial charge in [-0.3, -0.25) is 0 Å². The van der Waals surface area contributed by atoms with Crippen molar-refractivity contribution in [3.05, 3.63) is 28.8 Å². The Bertz CT molecular complexity index is 313. The van der Waals surface area contributed by atoms with Gasteiger partial charge < -0.3 is 15.5 Å². The van der Waals surface area contributed by atoms with Gasteiger partial charge in [0.15, 0.2) is 0 Å². The van der Waals surface area contributed by atoms with E-state index >= 15 is 0 Å². The minimum atomic E-state index is 0.0587. The number of halogens is 1. The molecule has 1 aromatic rings. The highest BCUT2D eigenvalue weighted by molar-refractivity contribution is 6.30. The lowest BCUT2D eigenvalue weighted by Gasteiger charge is -2.14. The molecule has 0 aliphatic carbocycles. The predicted molar refractivity (Wildman–Crippen MR) is 61.1 cm³/mol. The lowest BCUT2D eigenvalue weighted by Crippen LogP contribution is -2.31. The van der Waals surface area contributed by atoms with Crippen LogP contribution in [0.25, 0.3) is 0 Å². The van der Waals surface area contributed by atoms with Gasteiger partial charge in [-0.2, -0.15) is 0 Å². The van der Waals surface area contributed by atoms with Gasteiger partial charge in [-0.05, 0) is 24.6 Å². The third-order valence-electron chi connectivity index (χ3n) is 2.34. The number of aliphatic hydroxyl groups excluding tert-OH is 1. The zero-order chi connectivity index (χ0) is 11.3. The first-order chi connectivity index (χ1) is 7.17. The predicted octanol–water partition coefficient (Wildman–Crippen LogP) is 1.91. The molecule has 3 nitrogen and oxygen atoms in total. The molecule has 0 aliphatic rings. The monoisotopic (exact) mass is 229 g/mol. The van der Waals surface area contributed by atoms with Crippen LogP contribution in [0.3, 0.4) is 0 Å². The van der Waals surface area contributed by atoms with E-state index in [-0.39, 0.29) is 18.4 Å². The van der Waals surface area contributed by atoms with Crippen LogP contribution in [-0.4, -0.2) is 22.9 Å². The van der Waals surface area contributed by atoms with Crippen LogP contribution in [0.2, 0.25) is 5.02 Å². The summed E-state index contributed by atoms with van der Waals surface area (Å²) in [6.45, 7) is 2.59. The van der Waals surface area contributed by atoms with Crippen LogP contribution in [0.5, 0.6) is 5.75 Å². The zero-order valence-electron chi connectivity index (χ0n) is 8.70. The summed E-state index contributed by atoms with van der Waals surface area (Å²) < 4.78 is 0. The number of aromatic hydroxyl groups is 1. The Morgan fingerprint density at radius 2 is 2.20 bits per heavy atom. The second-order valence-electron chi connectivity index (χ2n) is 3.44. The fraction of sp³-hybridized carbons (Fsp3) is 0.455. The van der Waals surface area contributed by atoms with Crippen LogP contribution < -0.4 is 5.32 Å². The van der Waals surface area contributed by atoms with Gasteiger partial charge in [-0.25, -0.2) is 0 Å². The van der Waals surface area contributed by atoms with Crippen molar-refractivity contribution in [1.29, 1.82) is 0 Å². The molecule has 1 atom stereocenters. The van der Waals surface area contributed by atoms with Crippen LogP contribution in [0.1, 0.15) is 18.9 Å². The van der Waals surface area contributed by atoms with Crippen molar-refractivity contribution >= 4 is 11.6 Å². The molecule has 0 aliphatic heterocycles. The summed E-state index contributed by atoms with van der Waals surface area (Å²) in [5.74, 6) is 0.222. The molecule has 4 heteroatoms. The summed E-state index contributed by atoms with van der Waals surface area (Å²) in [4.78, 5) is 0. The maximum atomic E-state index is 9.53. The van der Waals surface area contributed by atoms with Gasteiger partial charge in [0.1, 0.15) is 5.75 Å². The number of phenols is 1. The number of aliphatic hydroxyl groups is 1. The third kappa shape index (κ3) is 3.70. The van der Waals surface area contributed by atoms with Gasteiger partial charge >= 0.3 is 0 Å². The molecule has 0 saturated carbocycles. The molecule has 15 heavy (non-hydrogen) atoms. The van der Waals surface area contributed by atoms with Crippen molar-refractivity contribution in [2.75, 3.05) is 6.61 Å². The standard InChI is InChI=1S/C11H16ClNO2/c1-2-10(7-14)13-6-8-5-9(12)3-4-11(8)15/h3-5,10,13-15H,2,6-7H2,1H3. The molecule has 1 aromatic carbocycles. The highest BCUT2D eigenvalue weighted by Gasteiger charge is 2.06. The fourth-order valence-electron chi connectivity index (χ4n) is 1.29. The molecule has 0 radical (unpaired) electrons. The molecule has 0 bridgehead atoms. The molecule has 0 amide bonds. The van der Waals surface area contributed by atoms with Gasteiger partial charge in [0, 0.05) is 23.2 Å². The van der Waals surface area contributed by atoms with E-state index in [0.29, 0.717) is 11.6 Å². The quantitative estimate of drug-likeness (QED) is 0.723. The maximum absolute atomic E-state index is 9.53. The highest BCUT2D eigenvalue weighted by atomic mass is 35.5. The van der Waals surface area contributed by atoms with Gasteiger partial charge in [-0.15, -0.1) is 0 Å². The minimum absolute atomic E-state index is 0.0587. The Balaban J connectivity index is 2.60. The second kappa shape index (κ2) is 5.95. The van der Waals surface area contributed by atoms with Crippen molar-refractivity contribution in [3.63, 3.8) is 0 Å². The number of hydrogen-bond acceptors (Lipinski definition) is 3. The average Bonchev–Trinajstić information content (AvgIpc) is 2.24. The van der Waals surface area contributed by atoms with E-state index in [1.54, 1.807) is 18.2 Å². The van der Waals surface area contributed by atoms with Crippen molar-refractivity contribution in [1.82, 2.24) is 5.32 Å². The number of benzene rings is 1. The Hall–Kier alpha value is -0.770. The molecule has 0 spiro atoms. The van der Waals surface area contributed by atoms with Gasteiger partial charge in [0.25, 0.3) is 0 Å². The number of nitrogens with one attached hydrogen (secondary N) is 1. The molecule has 3 N–H and O–H groups in total. The second-order valence-corrected chi connectivity index (χ2v) is 3.88. The first-order valence-corrected chi connectivity index (χ1v) is 5.36. The summed E-state index contributed by atoms with van der Waals surface area (Å²) >= 11 is 5.81. The highest BCUT2D eigenvalue weighted by Crippen LogP contribution is 2.21. The molecule has 0 fully saturated rings. The molecular weight excluding hydrogens is 214 g/mol. The van der Waals surface area contributed by atoms with Crippen LogP contribution in [0.15, 0.2) is 18.2 Å². The van der Waals surface area contributed by atoms with Gasteiger partial charge in [-0.1, -0.05) is 18.5 Å². The number of phenolic OH excluding ortho intramolecular Hbond substituents is 1. The van der Waals surface area contributed by atoms with Crippen LogP contribution >= 0.6 is 11.6 Å². The lowest BCUT2D eigenvalue weighted by atomic mass is 10.1. The topological polar surface area (TPSA) is 52.5 Å². The summed E-state index contributed by atoms with van der Waals surface area (Å²) in [5, 5.41) is 22.2. The van der Waals surface area contributed by atoms with Gasteiger partial charge in [0.2, 0.25) is 0 Å². The summed E-state index contributed by atoms with van der Waals surface area (Å²) in [6.07, 6.45) is 0.845. The van der Waals surface area contributed by atoms with Crippen molar-refractivity contribution < 1.29 is 10.2 Å². The van der Waals surface area contributed by atoms with E-state index < -0.39 is 0 Å². The van der Waals surface area contributed by atoms with E-state index in [2.05, 4.69) is 5.32 Å². The Kier molecular flexibility index (Phi) is 4.88. The average molecular weight is 230 g/mol. The Labute approximate surface area is 94.7 Å². The Morgan fingerprint density at radius 1 is 1.47 bits per heavy atom. The van der Waals surface area contributed by atoms with E-state index in [1.807, 2.05) is 6.92 Å². The smallest absolute Gasteiger partial charge is 0.120 e. The third-order valence-corrected chi connectivity index (χ3v) is 2.57. The van der Waals surface area contributed by atoms with Crippen molar-refractivity contribution in [3.8, 4) is 5.75 Å². The van der Waals surface area contributed by atoms with E-state index in [9.17, 15) is 5.11 Å². The van der Waals surface area contributed by atoms with E-state index in [4.69, 9.17) is 16.7 Å². The SMILES string of the molecule is CCC(CO)NCc1cc(Cl)ccc1O. The van der Waals surface area contributed by atoms with Gasteiger partial charge in [0.05, 0.1) is 6.61 Å². The molecule has 0 saturated heterocycles. The van der Waals surface area contributed by atoms with Crippen LogP contribution in [0, 0.1) is 0 Å². The minimum Gasteiger partial charge on any atom is -0.508 e. The van der Waals surface area contributed by atoms with Crippen LogP contribution in [0.4, 0.5) is 0 Å². The summed E-state index contributed by atoms with van der Waals surface area (Å²) in [6, 6.07) is 4.99. The van der Waals surface area contributed by atoms with Crippen LogP contribution in [-0.2, 0) is 6.54 Å². The fourth-order valence-corrected chi connectivity index (χ4v) is 1.48. The number of rotatable bonds is 5.